The number of nitrogens with one attached hydrogen (secondary N) is 1. The van der Waals surface area contributed by atoms with E-state index in [1.54, 1.807) is 19.1 Å². The van der Waals surface area contributed by atoms with Crippen LogP contribution in [0.3, 0.4) is 0 Å². The third-order valence-corrected chi connectivity index (χ3v) is 3.61. The van der Waals surface area contributed by atoms with Crippen LogP contribution in [0.4, 0.5) is 11.4 Å². The number of aryl methyl sites for hydroxylation is 2. The van der Waals surface area contributed by atoms with Crippen molar-refractivity contribution in [3.05, 3.63) is 69.3 Å². The van der Waals surface area contributed by atoms with Gasteiger partial charge < -0.3 is 10.1 Å². The molecule has 1 N–H and O–H groups in total. The number of benzene rings is 2. The molecule has 0 heterocycles. The molecule has 0 aromatic heterocycles. The second-order valence-corrected chi connectivity index (χ2v) is 5.66. The van der Waals surface area contributed by atoms with E-state index < -0.39 is 22.9 Å². The van der Waals surface area contributed by atoms with Gasteiger partial charge in [0.15, 0.2) is 6.10 Å². The van der Waals surface area contributed by atoms with Crippen LogP contribution in [0.1, 0.15) is 28.4 Å². The summed E-state index contributed by atoms with van der Waals surface area (Å²) in [5, 5.41) is 13.6. The lowest BCUT2D eigenvalue weighted by atomic mass is 10.1. The number of nitro benzene ring substituents is 1. The number of esters is 1. The molecule has 0 aliphatic heterocycles. The summed E-state index contributed by atoms with van der Waals surface area (Å²) < 4.78 is 5.10. The Balaban J connectivity index is 2.04. The largest absolute Gasteiger partial charge is 0.449 e. The van der Waals surface area contributed by atoms with E-state index in [0.29, 0.717) is 11.3 Å². The van der Waals surface area contributed by atoms with E-state index in [4.69, 9.17) is 4.74 Å². The first-order valence-electron chi connectivity index (χ1n) is 7.61. The van der Waals surface area contributed by atoms with E-state index in [0.717, 1.165) is 11.6 Å². The van der Waals surface area contributed by atoms with Gasteiger partial charge in [0.1, 0.15) is 0 Å². The molecule has 2 aromatic carbocycles. The minimum atomic E-state index is -1.05. The second-order valence-electron chi connectivity index (χ2n) is 5.66. The minimum absolute atomic E-state index is 0.0206. The summed E-state index contributed by atoms with van der Waals surface area (Å²) in [6.45, 7) is 4.94. The number of anilines is 1. The topological polar surface area (TPSA) is 98.5 Å². The average molecular weight is 342 g/mol. The molecule has 2 rings (SSSR count). The molecule has 0 saturated heterocycles. The number of hydrogen-bond donors (Lipinski definition) is 1. The third-order valence-electron chi connectivity index (χ3n) is 3.61. The third kappa shape index (κ3) is 4.63. The van der Waals surface area contributed by atoms with Crippen molar-refractivity contribution in [2.75, 3.05) is 5.32 Å². The van der Waals surface area contributed by atoms with Crippen molar-refractivity contribution < 1.29 is 19.2 Å². The van der Waals surface area contributed by atoms with Crippen molar-refractivity contribution in [3.8, 4) is 0 Å². The maximum Gasteiger partial charge on any atom is 0.339 e. The predicted molar refractivity (Wildman–Crippen MR) is 92.5 cm³/mol. The summed E-state index contributed by atoms with van der Waals surface area (Å²) in [7, 11) is 0. The fourth-order valence-electron chi connectivity index (χ4n) is 2.10. The Bertz CT molecular complexity index is 815. The van der Waals surface area contributed by atoms with Crippen LogP contribution >= 0.6 is 0 Å². The summed E-state index contributed by atoms with van der Waals surface area (Å²) in [5.74, 6) is -1.28. The van der Waals surface area contributed by atoms with E-state index in [-0.39, 0.29) is 11.3 Å². The molecule has 0 aliphatic rings. The van der Waals surface area contributed by atoms with Gasteiger partial charge in [-0.25, -0.2) is 4.79 Å². The second kappa shape index (κ2) is 7.57. The average Bonchev–Trinajstić information content (AvgIpc) is 2.56. The molecule has 0 unspecified atom stereocenters. The first kappa shape index (κ1) is 18.1. The normalized spacial score (nSPS) is 11.5. The summed E-state index contributed by atoms with van der Waals surface area (Å²) in [6, 6.07) is 11.2. The Kier molecular flexibility index (Phi) is 5.49. The van der Waals surface area contributed by atoms with Gasteiger partial charge in [0.25, 0.3) is 11.6 Å². The molecule has 0 radical (unpaired) electrons. The van der Waals surface area contributed by atoms with E-state index in [9.17, 15) is 19.7 Å². The lowest BCUT2D eigenvalue weighted by Gasteiger charge is -2.14. The van der Waals surface area contributed by atoms with E-state index >= 15 is 0 Å². The highest BCUT2D eigenvalue weighted by Gasteiger charge is 2.21. The van der Waals surface area contributed by atoms with Crippen LogP contribution in [0.5, 0.6) is 0 Å². The van der Waals surface area contributed by atoms with Gasteiger partial charge in [-0.05, 0) is 39.0 Å². The van der Waals surface area contributed by atoms with Gasteiger partial charge >= 0.3 is 5.97 Å². The molecule has 0 bridgehead atoms. The number of rotatable bonds is 5. The van der Waals surface area contributed by atoms with Crippen LogP contribution in [0, 0.1) is 24.0 Å². The van der Waals surface area contributed by atoms with Crippen LogP contribution in [0.25, 0.3) is 0 Å². The van der Waals surface area contributed by atoms with Gasteiger partial charge in [-0.1, -0.05) is 23.8 Å². The Morgan fingerprint density at radius 3 is 2.36 bits per heavy atom. The van der Waals surface area contributed by atoms with Crippen LogP contribution in [-0.2, 0) is 9.53 Å². The molecule has 7 nitrogen and oxygen atoms in total. The summed E-state index contributed by atoms with van der Waals surface area (Å²) in [6.07, 6.45) is -1.05. The van der Waals surface area contributed by atoms with Gasteiger partial charge in [0, 0.05) is 17.3 Å². The lowest BCUT2D eigenvalue weighted by Crippen LogP contribution is -2.30. The smallest absolute Gasteiger partial charge is 0.339 e. The van der Waals surface area contributed by atoms with Crippen molar-refractivity contribution in [2.45, 2.75) is 26.9 Å². The summed E-state index contributed by atoms with van der Waals surface area (Å²) in [4.78, 5) is 34.6. The number of carbonyl (C=O) groups excluding carboxylic acids is 2. The predicted octanol–water partition coefficient (Wildman–Crippen LogP) is 3.40. The molecular weight excluding hydrogens is 324 g/mol. The Hall–Kier alpha value is -3.22. The molecular formula is C18H18N2O5. The van der Waals surface area contributed by atoms with Crippen LogP contribution in [0.2, 0.25) is 0 Å². The molecule has 25 heavy (non-hydrogen) atoms. The number of amides is 1. The van der Waals surface area contributed by atoms with E-state index in [2.05, 4.69) is 5.32 Å². The highest BCUT2D eigenvalue weighted by molar-refractivity contribution is 5.97. The molecule has 7 heteroatoms. The molecule has 0 spiro atoms. The number of ether oxygens (including phenoxy) is 1. The standard InChI is InChI=1S/C18H18N2O5/c1-11-4-8-15(9-5-11)19-17(21)13(3)25-18(22)14-7-6-12(2)16(10-14)20(23)24/h4-10,13H,1-3H3,(H,19,21)/t13-/m0/s1. The summed E-state index contributed by atoms with van der Waals surface area (Å²) >= 11 is 0. The number of nitrogens with zero attached hydrogens (tertiary/aromatic N) is 1. The monoisotopic (exact) mass is 342 g/mol. The highest BCUT2D eigenvalue weighted by atomic mass is 16.6. The molecule has 0 saturated carbocycles. The van der Waals surface area contributed by atoms with Crippen molar-refractivity contribution >= 4 is 23.3 Å². The molecule has 1 atom stereocenters. The number of nitro groups is 1. The van der Waals surface area contributed by atoms with Gasteiger partial charge in [-0.15, -0.1) is 0 Å². The van der Waals surface area contributed by atoms with Crippen molar-refractivity contribution in [2.24, 2.45) is 0 Å². The number of hydrogen-bond acceptors (Lipinski definition) is 5. The summed E-state index contributed by atoms with van der Waals surface area (Å²) in [5.41, 5.74) is 1.92. The van der Waals surface area contributed by atoms with Gasteiger partial charge in [-0.2, -0.15) is 0 Å². The molecule has 0 aliphatic carbocycles. The Morgan fingerprint density at radius 2 is 1.76 bits per heavy atom. The Labute approximate surface area is 144 Å². The lowest BCUT2D eigenvalue weighted by molar-refractivity contribution is -0.385. The molecule has 1 amide bonds. The van der Waals surface area contributed by atoms with Crippen molar-refractivity contribution in [1.29, 1.82) is 0 Å². The Morgan fingerprint density at radius 1 is 1.12 bits per heavy atom. The molecule has 130 valence electrons. The molecule has 2 aromatic rings. The first-order valence-corrected chi connectivity index (χ1v) is 7.61. The SMILES string of the molecule is Cc1ccc(NC(=O)[C@H](C)OC(=O)c2ccc(C)c([N+](=O)[O-])c2)cc1. The maximum atomic E-state index is 12.1. The van der Waals surface area contributed by atoms with Crippen LogP contribution < -0.4 is 5.32 Å². The number of carbonyl (C=O) groups is 2. The molecule has 0 fully saturated rings. The van der Waals surface area contributed by atoms with Crippen molar-refractivity contribution in [3.63, 3.8) is 0 Å². The highest BCUT2D eigenvalue weighted by Crippen LogP contribution is 2.20. The van der Waals surface area contributed by atoms with Gasteiger partial charge in [-0.3, -0.25) is 14.9 Å². The van der Waals surface area contributed by atoms with E-state index in [1.807, 2.05) is 19.1 Å². The first-order chi connectivity index (χ1) is 11.8. The van der Waals surface area contributed by atoms with E-state index in [1.165, 1.54) is 19.1 Å². The van der Waals surface area contributed by atoms with Crippen LogP contribution in [0.15, 0.2) is 42.5 Å². The fourth-order valence-corrected chi connectivity index (χ4v) is 2.10. The zero-order valence-corrected chi connectivity index (χ0v) is 14.1. The zero-order valence-electron chi connectivity index (χ0n) is 14.1. The van der Waals surface area contributed by atoms with Gasteiger partial charge in [0.2, 0.25) is 0 Å². The maximum absolute atomic E-state index is 12.1. The van der Waals surface area contributed by atoms with Crippen molar-refractivity contribution in [1.82, 2.24) is 0 Å². The van der Waals surface area contributed by atoms with Crippen LogP contribution in [-0.4, -0.2) is 22.9 Å². The fraction of sp³-hybridized carbons (Fsp3) is 0.222. The minimum Gasteiger partial charge on any atom is -0.449 e. The zero-order chi connectivity index (χ0) is 18.6. The van der Waals surface area contributed by atoms with Gasteiger partial charge in [0.05, 0.1) is 10.5 Å². The quantitative estimate of drug-likeness (QED) is 0.510.